The average molecular weight is 690 g/mol. The first-order valence-electron chi connectivity index (χ1n) is 9.91. The Morgan fingerprint density at radius 2 is 1.03 bits per heavy atom. The van der Waals surface area contributed by atoms with Crippen LogP contribution in [0.2, 0.25) is 10.6 Å². The fraction of sp³-hybridized carbons (Fsp3) is 0.429. The summed E-state index contributed by atoms with van der Waals surface area (Å²) in [5.41, 5.74) is 0. The van der Waals surface area contributed by atoms with E-state index in [0.717, 1.165) is 0 Å². The second-order valence-corrected chi connectivity index (χ2v) is 37.4. The summed E-state index contributed by atoms with van der Waals surface area (Å²) >= 11 is 8.39. The van der Waals surface area contributed by atoms with Crippen molar-refractivity contribution in [3.63, 3.8) is 0 Å². The molecule has 2 unspecified atom stereocenters. The van der Waals surface area contributed by atoms with Crippen molar-refractivity contribution < 1.29 is 0 Å². The van der Waals surface area contributed by atoms with Gasteiger partial charge in [0.05, 0.1) is 0 Å². The van der Waals surface area contributed by atoms with Crippen LogP contribution in [0, 0.1) is 0 Å². The van der Waals surface area contributed by atoms with E-state index in [1.165, 1.54) is 27.7 Å². The predicted molar refractivity (Wildman–Crippen MR) is 140 cm³/mol. The maximum atomic E-state index is 3.91. The second kappa shape index (κ2) is 13.1. The molecule has 2 atom stereocenters. The van der Waals surface area contributed by atoms with E-state index in [0.29, 0.717) is 41.1 Å². The summed E-state index contributed by atoms with van der Waals surface area (Å²) in [5, 5.41) is 13.4. The molecule has 0 aromatic heterocycles. The summed E-state index contributed by atoms with van der Waals surface area (Å²) in [4.78, 5) is 0. The first-order chi connectivity index (χ1) is 13.8. The summed E-state index contributed by atoms with van der Waals surface area (Å²) in [7, 11) is 0. The van der Waals surface area contributed by atoms with Crippen molar-refractivity contribution in [2.75, 3.05) is 0 Å². The minimum atomic E-state index is -1.36. The molecule has 2 nitrogen and oxygen atoms in total. The molecule has 2 rings (SSSR count). The van der Waals surface area contributed by atoms with Gasteiger partial charge in [0.1, 0.15) is 0 Å². The standard InChI is InChI=1S/C21H32N2P2Se4/c1-18(2)22-24(26,20-12-7-5-8-13-20)28-16-11-17-29-25(27,23-19(3)4)21-14-9-6-10-15-21/h5-10,12-15,18-19H,11,16-17H2,1-4H3,(H,22,26)(H,23,27). The first kappa shape index (κ1) is 26.5. The molecule has 0 aliphatic carbocycles. The monoisotopic (exact) mass is 694 g/mol. The van der Waals surface area contributed by atoms with Gasteiger partial charge >= 0.3 is 206 Å². The van der Waals surface area contributed by atoms with Crippen molar-refractivity contribution in [3.05, 3.63) is 60.7 Å². The molecular formula is C21H32N2P2Se4. The molecule has 2 N–H and O–H groups in total. The maximum absolute atomic E-state index is 3.91. The summed E-state index contributed by atoms with van der Waals surface area (Å²) in [6.07, 6.45) is 1.33. The van der Waals surface area contributed by atoms with Crippen molar-refractivity contribution in [2.45, 2.75) is 56.8 Å². The summed E-state index contributed by atoms with van der Waals surface area (Å²) < 4.78 is -2.72. The average Bonchev–Trinajstić information content (AvgIpc) is 2.68. The van der Waals surface area contributed by atoms with Gasteiger partial charge in [0.25, 0.3) is 0 Å². The number of nitrogens with one attached hydrogen (secondary N) is 2. The molecule has 0 radical (unpaired) electrons. The van der Waals surface area contributed by atoms with E-state index >= 15 is 0 Å². The van der Waals surface area contributed by atoms with Crippen LogP contribution >= 0.6 is 8.70 Å². The molecule has 29 heavy (non-hydrogen) atoms. The first-order valence-corrected chi connectivity index (χ1v) is 24.8. The van der Waals surface area contributed by atoms with Gasteiger partial charge in [-0.3, -0.25) is 0 Å². The van der Waals surface area contributed by atoms with Crippen LogP contribution in [-0.2, 0) is 0 Å². The van der Waals surface area contributed by atoms with E-state index in [2.05, 4.69) is 129 Å². The van der Waals surface area contributed by atoms with Crippen molar-refractivity contribution >= 4 is 78.5 Å². The van der Waals surface area contributed by atoms with Crippen LogP contribution in [0.4, 0.5) is 0 Å². The Morgan fingerprint density at radius 1 is 0.690 bits per heavy atom. The van der Waals surface area contributed by atoms with Crippen molar-refractivity contribution in [2.24, 2.45) is 0 Å². The fourth-order valence-corrected chi connectivity index (χ4v) is 29.2. The molecule has 2 aromatic carbocycles. The van der Waals surface area contributed by atoms with E-state index in [-0.39, 0.29) is 0 Å². The SMILES string of the molecule is CC(C)NP(=[Se])([Se]CCC[Se]P(=[Se])(NC(C)C)c1ccccc1)c1ccccc1. The van der Waals surface area contributed by atoms with Crippen LogP contribution in [0.5, 0.6) is 0 Å². The predicted octanol–water partition coefficient (Wildman–Crippen LogP) is 4.13. The zero-order valence-electron chi connectivity index (χ0n) is 17.6. The van der Waals surface area contributed by atoms with Gasteiger partial charge < -0.3 is 0 Å². The van der Waals surface area contributed by atoms with E-state index in [1.807, 2.05) is 0 Å². The van der Waals surface area contributed by atoms with Crippen LogP contribution in [0.3, 0.4) is 0 Å². The zero-order chi connectivity index (χ0) is 21.3. The van der Waals surface area contributed by atoms with E-state index in [1.54, 1.807) is 0 Å². The van der Waals surface area contributed by atoms with Crippen molar-refractivity contribution in [1.29, 1.82) is 0 Å². The number of hydrogen-bond acceptors (Lipinski definition) is 2. The Bertz CT molecular complexity index is 760. The van der Waals surface area contributed by atoms with Gasteiger partial charge in [-0.1, -0.05) is 0 Å². The van der Waals surface area contributed by atoms with Gasteiger partial charge in [-0.25, -0.2) is 0 Å². The van der Waals surface area contributed by atoms with Crippen LogP contribution < -0.4 is 20.8 Å². The fourth-order valence-electron chi connectivity index (χ4n) is 2.75. The second-order valence-electron chi connectivity index (χ2n) is 7.36. The Balaban J connectivity index is 1.97. The molecular weight excluding hydrogens is 658 g/mol. The van der Waals surface area contributed by atoms with Gasteiger partial charge in [-0.05, 0) is 0 Å². The van der Waals surface area contributed by atoms with E-state index < -0.39 is 8.70 Å². The van der Waals surface area contributed by atoms with Gasteiger partial charge in [0.15, 0.2) is 0 Å². The summed E-state index contributed by atoms with van der Waals surface area (Å²) in [6, 6.07) is 23.1. The molecule has 0 heterocycles. The molecule has 0 saturated heterocycles. The van der Waals surface area contributed by atoms with Crippen LogP contribution in [-0.4, -0.2) is 71.3 Å². The normalized spacial score (nSPS) is 15.9. The van der Waals surface area contributed by atoms with E-state index in [9.17, 15) is 0 Å². The summed E-state index contributed by atoms with van der Waals surface area (Å²) in [6.45, 7) is 9.05. The number of hydrogen-bond donors (Lipinski definition) is 2. The Morgan fingerprint density at radius 3 is 1.34 bits per heavy atom. The van der Waals surface area contributed by atoms with Crippen LogP contribution in [0.15, 0.2) is 60.7 Å². The molecule has 0 aliphatic rings. The third kappa shape index (κ3) is 8.98. The van der Waals surface area contributed by atoms with Gasteiger partial charge in [-0.2, -0.15) is 0 Å². The molecule has 0 saturated carbocycles. The summed E-state index contributed by atoms with van der Waals surface area (Å²) in [5.74, 6) is 0. The molecule has 2 aromatic rings. The molecule has 0 fully saturated rings. The quantitative estimate of drug-likeness (QED) is 0.199. The zero-order valence-corrected chi connectivity index (χ0v) is 26.2. The molecule has 0 amide bonds. The van der Waals surface area contributed by atoms with Gasteiger partial charge in [0.2, 0.25) is 0 Å². The van der Waals surface area contributed by atoms with Gasteiger partial charge in [0, 0.05) is 0 Å². The number of rotatable bonds is 12. The molecule has 0 bridgehead atoms. The number of benzene rings is 2. The van der Waals surface area contributed by atoms with Crippen LogP contribution in [0.25, 0.3) is 0 Å². The molecule has 160 valence electrons. The van der Waals surface area contributed by atoms with Gasteiger partial charge in [-0.15, -0.1) is 0 Å². The molecule has 0 aliphatic heterocycles. The van der Waals surface area contributed by atoms with Crippen molar-refractivity contribution in [3.8, 4) is 0 Å². The third-order valence-electron chi connectivity index (χ3n) is 3.88. The Labute approximate surface area is 204 Å². The third-order valence-corrected chi connectivity index (χ3v) is 31.6. The van der Waals surface area contributed by atoms with Crippen molar-refractivity contribution in [1.82, 2.24) is 10.2 Å². The van der Waals surface area contributed by atoms with Crippen LogP contribution in [0.1, 0.15) is 34.1 Å². The molecule has 8 heteroatoms. The molecule has 0 spiro atoms. The minimum absolute atomic E-state index is 0.507. The topological polar surface area (TPSA) is 24.1 Å². The Hall–Kier alpha value is 1.30. The van der Waals surface area contributed by atoms with E-state index in [4.69, 9.17) is 0 Å². The Kier molecular flexibility index (Phi) is 12.0.